The van der Waals surface area contributed by atoms with E-state index in [1.54, 1.807) is 0 Å². The second-order valence-corrected chi connectivity index (χ2v) is 3.66. The highest BCUT2D eigenvalue weighted by molar-refractivity contribution is 5.86. The van der Waals surface area contributed by atoms with Crippen LogP contribution in [0.15, 0.2) is 10.5 Å². The molecule has 1 heterocycles. The van der Waals surface area contributed by atoms with Crippen molar-refractivity contribution in [1.29, 1.82) is 0 Å². The molecule has 0 aliphatic rings. The number of aromatic nitrogens is 2. The normalized spacial score (nSPS) is 10.4. The summed E-state index contributed by atoms with van der Waals surface area (Å²) < 4.78 is 50.0. The molecule has 1 aromatic heterocycles. The van der Waals surface area contributed by atoms with Crippen molar-refractivity contribution in [2.45, 2.75) is 6.92 Å². The lowest BCUT2D eigenvalue weighted by molar-refractivity contribution is -0.114. The largest absolute Gasteiger partial charge is 0.491 e. The van der Waals surface area contributed by atoms with Gasteiger partial charge in [0.15, 0.2) is 17.4 Å². The minimum absolute atomic E-state index is 0.316. The molecule has 0 unspecified atom stereocenters. The van der Waals surface area contributed by atoms with E-state index >= 15 is 0 Å². The summed E-state index contributed by atoms with van der Waals surface area (Å²) in [5, 5.41) is 8.93. The summed E-state index contributed by atoms with van der Waals surface area (Å²) in [6.07, 6.45) is 0. The van der Waals surface area contributed by atoms with Crippen molar-refractivity contribution in [3.05, 3.63) is 23.5 Å². The van der Waals surface area contributed by atoms with Crippen LogP contribution in [0.4, 0.5) is 19.2 Å². The Kier molecular flexibility index (Phi) is 3.59. The molecule has 2 rings (SSSR count). The van der Waals surface area contributed by atoms with Crippen molar-refractivity contribution in [2.24, 2.45) is 0 Å². The molecule has 9 heteroatoms. The van der Waals surface area contributed by atoms with Gasteiger partial charge in [0.2, 0.25) is 11.7 Å². The molecule has 1 amide bonds. The van der Waals surface area contributed by atoms with Crippen molar-refractivity contribution >= 4 is 11.9 Å². The first-order chi connectivity index (χ1) is 9.43. The van der Waals surface area contributed by atoms with Crippen molar-refractivity contribution in [3.63, 3.8) is 0 Å². The van der Waals surface area contributed by atoms with Crippen LogP contribution < -0.4 is 10.1 Å². The molecule has 0 saturated heterocycles. The number of methoxy groups -OCH3 is 1. The number of carbonyl (C=O) groups excluding carboxylic acids is 1. The third-order valence-electron chi connectivity index (χ3n) is 2.26. The number of anilines is 1. The fourth-order valence-corrected chi connectivity index (χ4v) is 1.45. The van der Waals surface area contributed by atoms with E-state index in [1.807, 2.05) is 0 Å². The third kappa shape index (κ3) is 2.42. The Hall–Kier alpha value is -2.58. The molecule has 106 valence electrons. The number of hydrogen-bond acceptors (Lipinski definition) is 5. The molecule has 0 aliphatic carbocycles. The zero-order valence-corrected chi connectivity index (χ0v) is 10.3. The first kappa shape index (κ1) is 13.8. The van der Waals surface area contributed by atoms with Gasteiger partial charge in [-0.15, -0.1) is 5.10 Å². The highest BCUT2D eigenvalue weighted by Crippen LogP contribution is 2.32. The van der Waals surface area contributed by atoms with Gasteiger partial charge in [0.05, 0.1) is 12.7 Å². The van der Waals surface area contributed by atoms with Gasteiger partial charge >= 0.3 is 6.01 Å². The molecule has 0 spiro atoms. The number of carbonyl (C=O) groups is 1. The Labute approximate surface area is 110 Å². The Morgan fingerprint density at radius 1 is 1.30 bits per heavy atom. The van der Waals surface area contributed by atoms with E-state index in [0.717, 1.165) is 7.11 Å². The summed E-state index contributed by atoms with van der Waals surface area (Å²) in [6, 6.07) is 0.339. The number of amides is 1. The van der Waals surface area contributed by atoms with E-state index in [9.17, 15) is 18.0 Å². The number of nitrogens with one attached hydrogen (secondary N) is 1. The fraction of sp³-hybridized carbons (Fsp3) is 0.182. The van der Waals surface area contributed by atoms with Gasteiger partial charge in [0.25, 0.3) is 5.89 Å². The van der Waals surface area contributed by atoms with E-state index in [-0.39, 0.29) is 6.01 Å². The van der Waals surface area contributed by atoms with Gasteiger partial charge in [0.1, 0.15) is 0 Å². The first-order valence-electron chi connectivity index (χ1n) is 5.27. The lowest BCUT2D eigenvalue weighted by Gasteiger charge is -2.06. The number of hydrogen-bond donors (Lipinski definition) is 1. The average molecular weight is 287 g/mol. The molecule has 0 atom stereocenters. The number of rotatable bonds is 3. The van der Waals surface area contributed by atoms with Crippen LogP contribution in [0.2, 0.25) is 0 Å². The van der Waals surface area contributed by atoms with E-state index in [0.29, 0.717) is 6.07 Å². The van der Waals surface area contributed by atoms with Crippen LogP contribution in [0.3, 0.4) is 0 Å². The highest BCUT2D eigenvalue weighted by Gasteiger charge is 2.23. The van der Waals surface area contributed by atoms with Gasteiger partial charge in [-0.25, -0.2) is 8.78 Å². The SMILES string of the molecule is COc1c(F)cc(-c2nnc(NC(C)=O)o2)c(F)c1F. The molecule has 20 heavy (non-hydrogen) atoms. The first-order valence-corrected chi connectivity index (χ1v) is 5.27. The number of halogens is 3. The van der Waals surface area contributed by atoms with Crippen molar-refractivity contribution < 1.29 is 27.1 Å². The second-order valence-electron chi connectivity index (χ2n) is 3.66. The minimum Gasteiger partial charge on any atom is -0.491 e. The topological polar surface area (TPSA) is 77.3 Å². The summed E-state index contributed by atoms with van der Waals surface area (Å²) in [6.45, 7) is 1.19. The second kappa shape index (κ2) is 5.19. The van der Waals surface area contributed by atoms with E-state index in [1.165, 1.54) is 6.92 Å². The van der Waals surface area contributed by atoms with Gasteiger partial charge in [-0.05, 0) is 6.07 Å². The molecule has 1 aromatic carbocycles. The predicted octanol–water partition coefficient (Wildman–Crippen LogP) is 2.12. The molecule has 0 bridgehead atoms. The van der Waals surface area contributed by atoms with Crippen LogP contribution in [-0.2, 0) is 4.79 Å². The lowest BCUT2D eigenvalue weighted by atomic mass is 10.2. The van der Waals surface area contributed by atoms with Gasteiger partial charge in [-0.2, -0.15) is 4.39 Å². The fourth-order valence-electron chi connectivity index (χ4n) is 1.45. The Morgan fingerprint density at radius 2 is 2.00 bits per heavy atom. The molecule has 0 radical (unpaired) electrons. The average Bonchev–Trinajstić information content (AvgIpc) is 2.82. The van der Waals surface area contributed by atoms with Crippen LogP contribution in [-0.4, -0.2) is 23.2 Å². The maximum absolute atomic E-state index is 13.7. The molecular weight excluding hydrogens is 279 g/mol. The number of benzene rings is 1. The summed E-state index contributed by atoms with van der Waals surface area (Å²) >= 11 is 0. The zero-order chi connectivity index (χ0) is 14.9. The van der Waals surface area contributed by atoms with E-state index in [4.69, 9.17) is 4.42 Å². The van der Waals surface area contributed by atoms with E-state index < -0.39 is 40.6 Å². The van der Waals surface area contributed by atoms with Crippen molar-refractivity contribution in [2.75, 3.05) is 12.4 Å². The Balaban J connectivity index is 2.48. The van der Waals surface area contributed by atoms with Gasteiger partial charge in [-0.1, -0.05) is 5.10 Å². The van der Waals surface area contributed by atoms with Crippen molar-refractivity contribution in [1.82, 2.24) is 10.2 Å². The van der Waals surface area contributed by atoms with Gasteiger partial charge in [0, 0.05) is 6.92 Å². The van der Waals surface area contributed by atoms with Crippen LogP contribution >= 0.6 is 0 Å². The monoisotopic (exact) mass is 287 g/mol. The highest BCUT2D eigenvalue weighted by atomic mass is 19.2. The molecular formula is C11H8F3N3O3. The molecule has 2 aromatic rings. The predicted molar refractivity (Wildman–Crippen MR) is 60.5 cm³/mol. The van der Waals surface area contributed by atoms with Crippen LogP contribution in [0.5, 0.6) is 5.75 Å². The van der Waals surface area contributed by atoms with Crippen LogP contribution in [0.25, 0.3) is 11.5 Å². The standard InChI is InChI=1S/C11H8F3N3O3/c1-4(18)15-11-17-16-10(20-11)5-3-6(12)9(19-2)8(14)7(5)13/h3H,1-2H3,(H,15,17,18). The van der Waals surface area contributed by atoms with Crippen molar-refractivity contribution in [3.8, 4) is 17.2 Å². The zero-order valence-electron chi connectivity index (χ0n) is 10.3. The summed E-state index contributed by atoms with van der Waals surface area (Å²) in [7, 11) is 1.00. The minimum atomic E-state index is -1.51. The van der Waals surface area contributed by atoms with Crippen LogP contribution in [0.1, 0.15) is 6.92 Å². The van der Waals surface area contributed by atoms with E-state index in [2.05, 4.69) is 20.3 Å². The molecule has 0 aliphatic heterocycles. The molecule has 0 fully saturated rings. The Bertz CT molecular complexity index is 672. The summed E-state index contributed by atoms with van der Waals surface area (Å²) in [5.74, 6) is -5.86. The molecule has 1 N–H and O–H groups in total. The Morgan fingerprint density at radius 3 is 2.60 bits per heavy atom. The third-order valence-corrected chi connectivity index (χ3v) is 2.26. The molecule has 6 nitrogen and oxygen atoms in total. The summed E-state index contributed by atoms with van der Waals surface area (Å²) in [5.41, 5.74) is -0.579. The number of nitrogens with zero attached hydrogens (tertiary/aromatic N) is 2. The number of ether oxygens (including phenoxy) is 1. The quantitative estimate of drug-likeness (QED) is 0.875. The maximum Gasteiger partial charge on any atom is 0.322 e. The van der Waals surface area contributed by atoms with Gasteiger partial charge in [-0.3, -0.25) is 10.1 Å². The molecule has 0 saturated carbocycles. The lowest BCUT2D eigenvalue weighted by Crippen LogP contribution is -2.05. The smallest absolute Gasteiger partial charge is 0.322 e. The summed E-state index contributed by atoms with van der Waals surface area (Å²) in [4.78, 5) is 10.8. The maximum atomic E-state index is 13.7. The van der Waals surface area contributed by atoms with Crippen LogP contribution in [0, 0.1) is 17.5 Å². The van der Waals surface area contributed by atoms with Gasteiger partial charge < -0.3 is 9.15 Å².